The van der Waals surface area contributed by atoms with Crippen molar-refractivity contribution in [2.24, 2.45) is 5.92 Å². The van der Waals surface area contributed by atoms with Crippen molar-refractivity contribution in [3.05, 3.63) is 0 Å². The Morgan fingerprint density at radius 3 is 2.86 bits per heavy atom. The molecule has 0 radical (unpaired) electrons. The van der Waals surface area contributed by atoms with E-state index < -0.39 is 0 Å². The molecule has 3 heteroatoms. The predicted molar refractivity (Wildman–Crippen MR) is 56.3 cm³/mol. The quantitative estimate of drug-likeness (QED) is 0.684. The summed E-state index contributed by atoms with van der Waals surface area (Å²) in [6.45, 7) is 9.11. The molecular formula is C11H21NO2. The Hall–Kier alpha value is -0.410. The number of carbonyl (C=O) groups is 1. The van der Waals surface area contributed by atoms with Crippen molar-refractivity contribution in [1.82, 2.24) is 4.90 Å². The van der Waals surface area contributed by atoms with Crippen LogP contribution in [0.1, 0.15) is 27.2 Å². The van der Waals surface area contributed by atoms with Crippen LogP contribution in [-0.2, 0) is 9.53 Å². The average molecular weight is 199 g/mol. The molecule has 0 aliphatic carbocycles. The molecular weight excluding hydrogens is 178 g/mol. The minimum atomic E-state index is 0.148. The largest absolute Gasteiger partial charge is 0.378 e. The number of Topliss-reactive ketones (excluding diaryl/α,β-unsaturated/α-hetero) is 1. The number of nitrogens with zero attached hydrogens (tertiary/aromatic N) is 1. The number of carbonyl (C=O) groups excluding carboxylic acids is 1. The van der Waals surface area contributed by atoms with Crippen molar-refractivity contribution < 1.29 is 9.53 Å². The van der Waals surface area contributed by atoms with Crippen molar-refractivity contribution in [3.63, 3.8) is 0 Å². The van der Waals surface area contributed by atoms with Gasteiger partial charge in [0, 0.05) is 18.5 Å². The van der Waals surface area contributed by atoms with Gasteiger partial charge in [-0.05, 0) is 6.42 Å². The van der Waals surface area contributed by atoms with E-state index in [1.807, 2.05) is 13.8 Å². The van der Waals surface area contributed by atoms with Gasteiger partial charge in [0.1, 0.15) is 5.78 Å². The zero-order valence-corrected chi connectivity index (χ0v) is 9.45. The van der Waals surface area contributed by atoms with Gasteiger partial charge in [-0.3, -0.25) is 9.69 Å². The number of rotatable bonds is 4. The highest BCUT2D eigenvalue weighted by Crippen LogP contribution is 2.11. The minimum Gasteiger partial charge on any atom is -0.378 e. The highest BCUT2D eigenvalue weighted by molar-refractivity contribution is 5.82. The molecule has 0 spiro atoms. The topological polar surface area (TPSA) is 29.5 Å². The Labute approximate surface area is 86.4 Å². The lowest BCUT2D eigenvalue weighted by Crippen LogP contribution is -2.47. The SMILES string of the molecule is CCC1COCCN1CC(=O)C(C)C. The summed E-state index contributed by atoms with van der Waals surface area (Å²) in [5.41, 5.74) is 0. The maximum Gasteiger partial charge on any atom is 0.149 e. The molecule has 1 rings (SSSR count). The number of hydrogen-bond donors (Lipinski definition) is 0. The maximum absolute atomic E-state index is 11.6. The van der Waals surface area contributed by atoms with Crippen LogP contribution in [-0.4, -0.2) is 43.0 Å². The van der Waals surface area contributed by atoms with Crippen molar-refractivity contribution in [2.75, 3.05) is 26.3 Å². The van der Waals surface area contributed by atoms with E-state index in [2.05, 4.69) is 11.8 Å². The van der Waals surface area contributed by atoms with E-state index in [0.717, 1.165) is 26.2 Å². The molecule has 1 heterocycles. The number of ketones is 1. The van der Waals surface area contributed by atoms with E-state index in [0.29, 0.717) is 18.4 Å². The van der Waals surface area contributed by atoms with Crippen molar-refractivity contribution in [2.45, 2.75) is 33.2 Å². The van der Waals surface area contributed by atoms with Crippen LogP contribution in [0.3, 0.4) is 0 Å². The van der Waals surface area contributed by atoms with Crippen LogP contribution in [0, 0.1) is 5.92 Å². The molecule has 0 saturated carbocycles. The molecule has 1 atom stereocenters. The van der Waals surface area contributed by atoms with Gasteiger partial charge in [-0.15, -0.1) is 0 Å². The molecule has 14 heavy (non-hydrogen) atoms. The fraction of sp³-hybridized carbons (Fsp3) is 0.909. The minimum absolute atomic E-state index is 0.148. The number of morpholine rings is 1. The molecule has 0 aromatic carbocycles. The Morgan fingerprint density at radius 2 is 2.29 bits per heavy atom. The lowest BCUT2D eigenvalue weighted by Gasteiger charge is -2.34. The Bertz CT molecular complexity index is 192. The molecule has 1 saturated heterocycles. The van der Waals surface area contributed by atoms with Crippen LogP contribution in [0.2, 0.25) is 0 Å². The zero-order chi connectivity index (χ0) is 10.6. The third-order valence-corrected chi connectivity index (χ3v) is 2.82. The summed E-state index contributed by atoms with van der Waals surface area (Å²) in [7, 11) is 0. The van der Waals surface area contributed by atoms with Crippen LogP contribution in [0.4, 0.5) is 0 Å². The summed E-state index contributed by atoms with van der Waals surface area (Å²) in [4.78, 5) is 13.8. The summed E-state index contributed by atoms with van der Waals surface area (Å²) in [6.07, 6.45) is 1.06. The first kappa shape index (κ1) is 11.7. The molecule has 0 aromatic rings. The van der Waals surface area contributed by atoms with Gasteiger partial charge < -0.3 is 4.74 Å². The third-order valence-electron chi connectivity index (χ3n) is 2.82. The highest BCUT2D eigenvalue weighted by Gasteiger charge is 2.23. The van der Waals surface area contributed by atoms with E-state index in [1.54, 1.807) is 0 Å². The molecule has 0 N–H and O–H groups in total. The zero-order valence-electron chi connectivity index (χ0n) is 9.45. The van der Waals surface area contributed by atoms with Crippen molar-refractivity contribution in [1.29, 1.82) is 0 Å². The fourth-order valence-electron chi connectivity index (χ4n) is 1.66. The molecule has 1 aliphatic rings. The van der Waals surface area contributed by atoms with Crippen LogP contribution >= 0.6 is 0 Å². The van der Waals surface area contributed by atoms with Crippen LogP contribution in [0.5, 0.6) is 0 Å². The molecule has 3 nitrogen and oxygen atoms in total. The van der Waals surface area contributed by atoms with Gasteiger partial charge in [-0.2, -0.15) is 0 Å². The molecule has 1 fully saturated rings. The summed E-state index contributed by atoms with van der Waals surface area (Å²) in [6, 6.07) is 0.437. The third kappa shape index (κ3) is 3.07. The summed E-state index contributed by atoms with van der Waals surface area (Å²) < 4.78 is 5.39. The van der Waals surface area contributed by atoms with Gasteiger partial charge in [0.15, 0.2) is 0 Å². The van der Waals surface area contributed by atoms with Gasteiger partial charge in [0.2, 0.25) is 0 Å². The normalized spacial score (nSPS) is 24.1. The van der Waals surface area contributed by atoms with Gasteiger partial charge in [0.25, 0.3) is 0 Å². The number of ether oxygens (including phenoxy) is 1. The standard InChI is InChI=1S/C11H21NO2/c1-4-10-8-14-6-5-12(10)7-11(13)9(2)3/h9-10H,4-8H2,1-3H3. The Kier molecular flexibility index (Phi) is 4.55. The van der Waals surface area contributed by atoms with E-state index in [-0.39, 0.29) is 5.92 Å². The molecule has 0 amide bonds. The van der Waals surface area contributed by atoms with Crippen LogP contribution in [0.25, 0.3) is 0 Å². The summed E-state index contributed by atoms with van der Waals surface area (Å²) >= 11 is 0. The van der Waals surface area contributed by atoms with Crippen molar-refractivity contribution >= 4 is 5.78 Å². The summed E-state index contributed by atoms with van der Waals surface area (Å²) in [5, 5.41) is 0. The second kappa shape index (κ2) is 5.47. The van der Waals surface area contributed by atoms with Gasteiger partial charge in [-0.25, -0.2) is 0 Å². The smallest absolute Gasteiger partial charge is 0.149 e. The average Bonchev–Trinajstić information content (AvgIpc) is 2.18. The first-order valence-corrected chi connectivity index (χ1v) is 5.49. The van der Waals surface area contributed by atoms with E-state index in [9.17, 15) is 4.79 Å². The van der Waals surface area contributed by atoms with E-state index in [4.69, 9.17) is 4.74 Å². The number of hydrogen-bond acceptors (Lipinski definition) is 3. The lowest BCUT2D eigenvalue weighted by molar-refractivity contribution is -0.125. The van der Waals surface area contributed by atoms with Crippen LogP contribution < -0.4 is 0 Å². The molecule has 0 bridgehead atoms. The molecule has 0 aromatic heterocycles. The second-order valence-electron chi connectivity index (χ2n) is 4.23. The van der Waals surface area contributed by atoms with Gasteiger partial charge in [0.05, 0.1) is 19.8 Å². The fourth-order valence-corrected chi connectivity index (χ4v) is 1.66. The molecule has 1 aliphatic heterocycles. The van der Waals surface area contributed by atoms with Crippen LogP contribution in [0.15, 0.2) is 0 Å². The predicted octanol–water partition coefficient (Wildman–Crippen LogP) is 1.32. The maximum atomic E-state index is 11.6. The Balaban J connectivity index is 2.44. The monoisotopic (exact) mass is 199 g/mol. The molecule has 82 valence electrons. The lowest BCUT2D eigenvalue weighted by atomic mass is 10.1. The first-order valence-electron chi connectivity index (χ1n) is 5.49. The summed E-state index contributed by atoms with van der Waals surface area (Å²) in [5.74, 6) is 0.487. The van der Waals surface area contributed by atoms with E-state index >= 15 is 0 Å². The first-order chi connectivity index (χ1) is 6.65. The molecule has 1 unspecified atom stereocenters. The Morgan fingerprint density at radius 1 is 1.57 bits per heavy atom. The van der Waals surface area contributed by atoms with Crippen molar-refractivity contribution in [3.8, 4) is 0 Å². The van der Waals surface area contributed by atoms with Gasteiger partial charge >= 0.3 is 0 Å². The highest BCUT2D eigenvalue weighted by atomic mass is 16.5. The van der Waals surface area contributed by atoms with E-state index in [1.165, 1.54) is 0 Å². The van der Waals surface area contributed by atoms with Gasteiger partial charge in [-0.1, -0.05) is 20.8 Å². The second-order valence-corrected chi connectivity index (χ2v) is 4.23.